The van der Waals surface area contributed by atoms with Crippen LogP contribution in [-0.2, 0) is 6.54 Å². The maximum Gasteiger partial charge on any atom is 0.573 e. The Labute approximate surface area is 227 Å². The van der Waals surface area contributed by atoms with Gasteiger partial charge in [-0.2, -0.15) is 4.98 Å². The molecule has 3 aromatic carbocycles. The number of ether oxygens (including phenoxy) is 1. The molecule has 1 fully saturated rings. The highest BCUT2D eigenvalue weighted by molar-refractivity contribution is 9.10. The van der Waals surface area contributed by atoms with Crippen molar-refractivity contribution in [1.29, 1.82) is 0 Å². The molecule has 1 aromatic heterocycles. The van der Waals surface area contributed by atoms with Gasteiger partial charge in [-0.05, 0) is 62.1 Å². The van der Waals surface area contributed by atoms with Gasteiger partial charge < -0.3 is 20.7 Å². The van der Waals surface area contributed by atoms with Gasteiger partial charge in [0.15, 0.2) is 0 Å². The molecule has 0 radical (unpaired) electrons. The monoisotopic (exact) mass is 585 g/mol. The van der Waals surface area contributed by atoms with Crippen LogP contribution in [0.25, 0.3) is 10.9 Å². The first kappa shape index (κ1) is 26.2. The number of rotatable bonds is 8. The third-order valence-electron chi connectivity index (χ3n) is 6.54. The van der Waals surface area contributed by atoms with E-state index in [0.717, 1.165) is 48.1 Å². The minimum atomic E-state index is -4.74. The SMILES string of the molecule is FC(F)(F)Oc1cc(Br)ccc1CN[C@H]1CC[C@@H](Nc2nc(Nc3ccccc3)c3ccccc3n2)CC1. The molecule has 1 aliphatic rings. The summed E-state index contributed by atoms with van der Waals surface area (Å²) in [5.41, 5.74) is 2.27. The van der Waals surface area contributed by atoms with E-state index in [2.05, 4.69) is 36.6 Å². The van der Waals surface area contributed by atoms with Gasteiger partial charge >= 0.3 is 6.36 Å². The van der Waals surface area contributed by atoms with Crippen LogP contribution in [0.1, 0.15) is 31.2 Å². The Kier molecular flexibility index (Phi) is 7.99. The standard InChI is InChI=1S/C28H27BrF3N5O/c29-19-11-10-18(25(16-19)38-28(30,31)32)17-33-20-12-14-22(15-13-20)35-27-36-24-9-5-4-8-23(24)26(37-27)34-21-6-2-1-3-7-21/h1-11,16,20,22,33H,12-15,17H2,(H2,34,35,36,37)/t20-,22+. The summed E-state index contributed by atoms with van der Waals surface area (Å²) in [4.78, 5) is 9.50. The van der Waals surface area contributed by atoms with E-state index in [1.807, 2.05) is 54.6 Å². The summed E-state index contributed by atoms with van der Waals surface area (Å²) in [7, 11) is 0. The Hall–Kier alpha value is -3.37. The molecule has 3 N–H and O–H groups in total. The van der Waals surface area contributed by atoms with Crippen molar-refractivity contribution in [3.8, 4) is 5.75 Å². The molecule has 4 aromatic rings. The Morgan fingerprint density at radius 3 is 2.34 bits per heavy atom. The zero-order chi connectivity index (χ0) is 26.5. The zero-order valence-electron chi connectivity index (χ0n) is 20.4. The minimum Gasteiger partial charge on any atom is -0.405 e. The van der Waals surface area contributed by atoms with Crippen LogP contribution in [-0.4, -0.2) is 28.4 Å². The van der Waals surface area contributed by atoms with E-state index < -0.39 is 6.36 Å². The van der Waals surface area contributed by atoms with Gasteiger partial charge in [-0.3, -0.25) is 0 Å². The molecule has 1 saturated carbocycles. The second kappa shape index (κ2) is 11.6. The van der Waals surface area contributed by atoms with Gasteiger partial charge in [-0.25, -0.2) is 4.98 Å². The molecule has 0 spiro atoms. The molecule has 198 valence electrons. The van der Waals surface area contributed by atoms with E-state index in [1.165, 1.54) is 6.07 Å². The fourth-order valence-corrected chi connectivity index (χ4v) is 5.01. The maximum absolute atomic E-state index is 12.8. The van der Waals surface area contributed by atoms with E-state index in [4.69, 9.17) is 9.97 Å². The van der Waals surface area contributed by atoms with Crippen molar-refractivity contribution in [2.24, 2.45) is 0 Å². The summed E-state index contributed by atoms with van der Waals surface area (Å²) in [6.07, 6.45) is -1.19. The predicted molar refractivity (Wildman–Crippen MR) is 147 cm³/mol. The highest BCUT2D eigenvalue weighted by Crippen LogP contribution is 2.31. The molecular formula is C28H27BrF3N5O. The second-order valence-electron chi connectivity index (χ2n) is 9.28. The van der Waals surface area contributed by atoms with Crippen molar-refractivity contribution >= 4 is 44.3 Å². The number of nitrogens with one attached hydrogen (secondary N) is 3. The quantitative estimate of drug-likeness (QED) is 0.198. The predicted octanol–water partition coefficient (Wildman–Crippen LogP) is 7.55. The van der Waals surface area contributed by atoms with E-state index in [0.29, 0.717) is 22.5 Å². The summed E-state index contributed by atoms with van der Waals surface area (Å²) in [5.74, 6) is 1.12. The fraction of sp³-hybridized carbons (Fsp3) is 0.286. The number of hydrogen-bond donors (Lipinski definition) is 3. The first-order valence-electron chi connectivity index (χ1n) is 12.5. The number of halogens is 4. The van der Waals surface area contributed by atoms with Crippen LogP contribution in [0.15, 0.2) is 77.3 Å². The lowest BCUT2D eigenvalue weighted by Gasteiger charge is -2.30. The van der Waals surface area contributed by atoms with Crippen molar-refractivity contribution < 1.29 is 17.9 Å². The minimum absolute atomic E-state index is 0.192. The molecule has 5 rings (SSSR count). The Morgan fingerprint density at radius 2 is 1.58 bits per heavy atom. The van der Waals surface area contributed by atoms with E-state index in [9.17, 15) is 13.2 Å². The Balaban J connectivity index is 1.20. The van der Waals surface area contributed by atoms with Crippen molar-refractivity contribution in [2.45, 2.75) is 50.7 Å². The molecule has 0 amide bonds. The number of benzene rings is 3. The molecule has 1 aliphatic carbocycles. The van der Waals surface area contributed by atoms with Crippen LogP contribution < -0.4 is 20.7 Å². The lowest BCUT2D eigenvalue weighted by molar-refractivity contribution is -0.274. The first-order valence-corrected chi connectivity index (χ1v) is 13.2. The number of aromatic nitrogens is 2. The lowest BCUT2D eigenvalue weighted by atomic mass is 9.91. The molecule has 10 heteroatoms. The number of alkyl halides is 3. The molecular weight excluding hydrogens is 559 g/mol. The third-order valence-corrected chi connectivity index (χ3v) is 7.03. The average molecular weight is 586 g/mol. The van der Waals surface area contributed by atoms with Crippen molar-refractivity contribution in [3.63, 3.8) is 0 Å². The van der Waals surface area contributed by atoms with Gasteiger partial charge in [-0.15, -0.1) is 13.2 Å². The van der Waals surface area contributed by atoms with E-state index in [1.54, 1.807) is 12.1 Å². The van der Waals surface area contributed by atoms with Gasteiger partial charge in [-0.1, -0.05) is 52.3 Å². The lowest BCUT2D eigenvalue weighted by Crippen LogP contribution is -2.37. The van der Waals surface area contributed by atoms with Crippen LogP contribution in [0.5, 0.6) is 5.75 Å². The van der Waals surface area contributed by atoms with Crippen LogP contribution in [0.3, 0.4) is 0 Å². The van der Waals surface area contributed by atoms with Crippen LogP contribution in [0.2, 0.25) is 0 Å². The molecule has 0 atom stereocenters. The largest absolute Gasteiger partial charge is 0.573 e. The van der Waals surface area contributed by atoms with Crippen molar-refractivity contribution in [1.82, 2.24) is 15.3 Å². The van der Waals surface area contributed by atoms with E-state index >= 15 is 0 Å². The number of anilines is 3. The van der Waals surface area contributed by atoms with Crippen molar-refractivity contribution in [2.75, 3.05) is 10.6 Å². The highest BCUT2D eigenvalue weighted by Gasteiger charge is 2.32. The average Bonchev–Trinajstić information content (AvgIpc) is 2.89. The summed E-state index contributed by atoms with van der Waals surface area (Å²) < 4.78 is 43.2. The van der Waals surface area contributed by atoms with Crippen LogP contribution in [0, 0.1) is 0 Å². The number of nitrogens with zero attached hydrogens (tertiary/aromatic N) is 2. The van der Waals surface area contributed by atoms with Crippen LogP contribution >= 0.6 is 15.9 Å². The van der Waals surface area contributed by atoms with E-state index in [-0.39, 0.29) is 17.8 Å². The van der Waals surface area contributed by atoms with Gasteiger partial charge in [0.2, 0.25) is 5.95 Å². The number of fused-ring (bicyclic) bond motifs is 1. The summed E-state index contributed by atoms with van der Waals surface area (Å²) in [5, 5.41) is 11.2. The number of hydrogen-bond acceptors (Lipinski definition) is 6. The topological polar surface area (TPSA) is 71.1 Å². The maximum atomic E-state index is 12.8. The summed E-state index contributed by atoms with van der Waals surface area (Å²) in [6, 6.07) is 22.9. The molecule has 1 heterocycles. The molecule has 0 unspecified atom stereocenters. The summed E-state index contributed by atoms with van der Waals surface area (Å²) >= 11 is 3.21. The third kappa shape index (κ3) is 6.93. The van der Waals surface area contributed by atoms with Gasteiger partial charge in [0.25, 0.3) is 0 Å². The summed E-state index contributed by atoms with van der Waals surface area (Å²) in [6.45, 7) is 0.295. The molecule has 0 aliphatic heterocycles. The van der Waals surface area contributed by atoms with Gasteiger partial charge in [0.05, 0.1) is 5.52 Å². The molecule has 6 nitrogen and oxygen atoms in total. The number of para-hydroxylation sites is 2. The second-order valence-corrected chi connectivity index (χ2v) is 10.2. The highest BCUT2D eigenvalue weighted by atomic mass is 79.9. The smallest absolute Gasteiger partial charge is 0.405 e. The Morgan fingerprint density at radius 1 is 0.868 bits per heavy atom. The molecule has 0 saturated heterocycles. The normalized spacial score (nSPS) is 17.8. The van der Waals surface area contributed by atoms with Crippen LogP contribution in [0.4, 0.5) is 30.6 Å². The molecule has 0 bridgehead atoms. The molecule has 38 heavy (non-hydrogen) atoms. The fourth-order valence-electron chi connectivity index (χ4n) is 4.67. The zero-order valence-corrected chi connectivity index (χ0v) is 22.0. The Bertz CT molecular complexity index is 1380. The van der Waals surface area contributed by atoms with Crippen molar-refractivity contribution in [3.05, 3.63) is 82.8 Å². The van der Waals surface area contributed by atoms with Gasteiger partial charge in [0.1, 0.15) is 11.6 Å². The first-order chi connectivity index (χ1) is 18.3. The van der Waals surface area contributed by atoms with Gasteiger partial charge in [0, 0.05) is 39.7 Å².